The Labute approximate surface area is 131 Å². The Morgan fingerprint density at radius 2 is 1.95 bits per heavy atom. The van der Waals surface area contributed by atoms with E-state index in [1.165, 1.54) is 11.8 Å². The Morgan fingerprint density at radius 1 is 1.23 bits per heavy atom. The van der Waals surface area contributed by atoms with E-state index in [0.29, 0.717) is 5.69 Å². The topological polar surface area (TPSA) is 86.3 Å². The predicted molar refractivity (Wildman–Crippen MR) is 79.8 cm³/mol. The van der Waals surface area contributed by atoms with Crippen LogP contribution in [0.4, 0.5) is 10.1 Å². The van der Waals surface area contributed by atoms with Gasteiger partial charge in [0.1, 0.15) is 5.82 Å². The summed E-state index contributed by atoms with van der Waals surface area (Å²) >= 11 is 1.44. The lowest BCUT2D eigenvalue weighted by Gasteiger charge is -2.11. The summed E-state index contributed by atoms with van der Waals surface area (Å²) < 4.78 is 40.1. The van der Waals surface area contributed by atoms with E-state index in [9.17, 15) is 22.7 Å². The molecule has 5 nitrogen and oxygen atoms in total. The second kappa shape index (κ2) is 6.37. The molecule has 0 spiro atoms. The summed E-state index contributed by atoms with van der Waals surface area (Å²) in [6.45, 7) is 0. The maximum atomic E-state index is 13.3. The molecule has 0 aliphatic heterocycles. The number of aromatic carboxylic acids is 1. The average Bonchev–Trinajstić information content (AvgIpc) is 2.46. The summed E-state index contributed by atoms with van der Waals surface area (Å²) in [6.07, 6.45) is 1.85. The minimum absolute atomic E-state index is 0.325. The van der Waals surface area contributed by atoms with Gasteiger partial charge in [-0.1, -0.05) is 6.07 Å². The average molecular weight is 340 g/mol. The highest BCUT2D eigenvalue weighted by Crippen LogP contribution is 2.22. The number of hydrogen-bond donors (Lipinski definition) is 1. The Morgan fingerprint density at radius 3 is 2.59 bits per heavy atom. The van der Waals surface area contributed by atoms with Crippen LogP contribution in [0.2, 0.25) is 0 Å². The summed E-state index contributed by atoms with van der Waals surface area (Å²) in [5, 5.41) is 10.8. The van der Waals surface area contributed by atoms with Gasteiger partial charge in [0.05, 0.1) is 10.9 Å². The van der Waals surface area contributed by atoms with Crippen LogP contribution in [0, 0.1) is 5.82 Å². The summed E-state index contributed by atoms with van der Waals surface area (Å²) in [4.78, 5) is 11.3. The molecule has 0 saturated heterocycles. The quantitative estimate of drug-likeness (QED) is 0.838. The number of carboxylic acids is 1. The number of nitrogens with one attached hydrogen (secondary N) is 1. The van der Waals surface area contributed by atoms with Crippen molar-refractivity contribution in [2.45, 2.75) is 9.79 Å². The fourth-order valence-corrected chi connectivity index (χ4v) is 3.26. The molecule has 0 bridgehead atoms. The van der Waals surface area contributed by atoms with Gasteiger partial charge in [-0.15, -0.1) is 11.8 Å². The van der Waals surface area contributed by atoms with E-state index in [4.69, 9.17) is 0 Å². The molecule has 0 aromatic heterocycles. The maximum absolute atomic E-state index is 13.3. The minimum atomic E-state index is -4.03. The molecule has 1 N–H and O–H groups in total. The summed E-state index contributed by atoms with van der Waals surface area (Å²) in [5.74, 6) is -2.83. The van der Waals surface area contributed by atoms with E-state index in [-0.39, 0.29) is 4.90 Å². The standard InChI is InChI=1S/C14H12FNO4S2/c1-21-10-4-2-3-9(7-10)16-22(19,20)11-5-6-13(15)12(8-11)14(17)18/h2-8,16H,1H3,(H,17,18)/p-1. The highest BCUT2D eigenvalue weighted by atomic mass is 32.2. The molecular formula is C14H11FNO4S2-. The van der Waals surface area contributed by atoms with E-state index >= 15 is 0 Å². The van der Waals surface area contributed by atoms with Gasteiger partial charge in [0.2, 0.25) is 0 Å². The first-order valence-corrected chi connectivity index (χ1v) is 8.72. The number of hydrogen-bond acceptors (Lipinski definition) is 5. The van der Waals surface area contributed by atoms with Crippen LogP contribution < -0.4 is 9.83 Å². The van der Waals surface area contributed by atoms with Gasteiger partial charge in [0.25, 0.3) is 10.0 Å². The van der Waals surface area contributed by atoms with Crippen LogP contribution in [-0.2, 0) is 10.0 Å². The normalized spacial score (nSPS) is 11.2. The van der Waals surface area contributed by atoms with Crippen molar-refractivity contribution < 1.29 is 22.7 Å². The lowest BCUT2D eigenvalue weighted by molar-refractivity contribution is -0.255. The predicted octanol–water partition coefficient (Wildman–Crippen LogP) is 1.71. The van der Waals surface area contributed by atoms with E-state index in [1.807, 2.05) is 12.3 Å². The molecular weight excluding hydrogens is 329 g/mol. The minimum Gasteiger partial charge on any atom is -0.545 e. The number of rotatable bonds is 5. The number of carbonyl (C=O) groups is 1. The molecule has 0 radical (unpaired) electrons. The van der Waals surface area contributed by atoms with Crippen molar-refractivity contribution in [2.24, 2.45) is 0 Å². The number of carbonyl (C=O) groups excluding carboxylic acids is 1. The number of anilines is 1. The van der Waals surface area contributed by atoms with Crippen molar-refractivity contribution in [3.63, 3.8) is 0 Å². The smallest absolute Gasteiger partial charge is 0.261 e. The Balaban J connectivity index is 2.38. The SMILES string of the molecule is CSc1cccc(NS(=O)(=O)c2ccc(F)c(C(=O)[O-])c2)c1. The second-order valence-corrected chi connectivity index (χ2v) is 6.83. The molecule has 0 unspecified atom stereocenters. The molecule has 0 aliphatic rings. The Bertz CT molecular complexity index is 821. The third-order valence-electron chi connectivity index (χ3n) is 2.79. The number of sulfonamides is 1. The van der Waals surface area contributed by atoms with Gasteiger partial charge in [0, 0.05) is 16.1 Å². The van der Waals surface area contributed by atoms with Crippen molar-refractivity contribution in [3.8, 4) is 0 Å². The van der Waals surface area contributed by atoms with E-state index < -0.39 is 27.4 Å². The highest BCUT2D eigenvalue weighted by molar-refractivity contribution is 7.98. The molecule has 0 atom stereocenters. The van der Waals surface area contributed by atoms with Crippen LogP contribution >= 0.6 is 11.8 Å². The zero-order chi connectivity index (χ0) is 16.3. The first-order chi connectivity index (χ1) is 10.3. The van der Waals surface area contributed by atoms with Gasteiger partial charge in [-0.3, -0.25) is 4.72 Å². The largest absolute Gasteiger partial charge is 0.545 e. The third kappa shape index (κ3) is 3.58. The number of thioether (sulfide) groups is 1. The van der Waals surface area contributed by atoms with Gasteiger partial charge in [-0.25, -0.2) is 12.8 Å². The van der Waals surface area contributed by atoms with Crippen LogP contribution in [-0.4, -0.2) is 20.6 Å². The fraction of sp³-hybridized carbons (Fsp3) is 0.0714. The first-order valence-electron chi connectivity index (χ1n) is 6.01. The van der Waals surface area contributed by atoms with Gasteiger partial charge in [0.15, 0.2) is 0 Å². The lowest BCUT2D eigenvalue weighted by Crippen LogP contribution is -2.24. The summed E-state index contributed by atoms with van der Waals surface area (Å²) in [5.41, 5.74) is -0.480. The van der Waals surface area contributed by atoms with Crippen LogP contribution in [0.15, 0.2) is 52.3 Å². The van der Waals surface area contributed by atoms with Crippen LogP contribution in [0.1, 0.15) is 10.4 Å². The molecule has 0 fully saturated rings. The number of benzene rings is 2. The van der Waals surface area contributed by atoms with Gasteiger partial charge < -0.3 is 9.90 Å². The van der Waals surface area contributed by atoms with Crippen molar-refractivity contribution in [3.05, 3.63) is 53.8 Å². The summed E-state index contributed by atoms with van der Waals surface area (Å²) in [7, 11) is -4.03. The van der Waals surface area contributed by atoms with Crippen molar-refractivity contribution >= 4 is 33.4 Å². The van der Waals surface area contributed by atoms with Crippen LogP contribution in [0.3, 0.4) is 0 Å². The Kier molecular flexibility index (Phi) is 4.72. The molecule has 8 heteroatoms. The lowest BCUT2D eigenvalue weighted by atomic mass is 10.2. The summed E-state index contributed by atoms with van der Waals surface area (Å²) in [6, 6.07) is 9.17. The molecule has 0 heterocycles. The number of carboxylic acid groups (broad SMARTS) is 1. The van der Waals surface area contributed by atoms with E-state index in [2.05, 4.69) is 4.72 Å². The Hall–Kier alpha value is -2.06. The molecule has 0 aliphatic carbocycles. The third-order valence-corrected chi connectivity index (χ3v) is 4.89. The second-order valence-electron chi connectivity index (χ2n) is 4.27. The molecule has 116 valence electrons. The molecule has 0 saturated carbocycles. The molecule has 2 aromatic rings. The van der Waals surface area contributed by atoms with Crippen molar-refractivity contribution in [2.75, 3.05) is 11.0 Å². The molecule has 0 amide bonds. The van der Waals surface area contributed by atoms with Gasteiger partial charge >= 0.3 is 0 Å². The monoisotopic (exact) mass is 340 g/mol. The zero-order valence-electron chi connectivity index (χ0n) is 11.4. The van der Waals surface area contributed by atoms with E-state index in [1.54, 1.807) is 18.2 Å². The van der Waals surface area contributed by atoms with Crippen LogP contribution in [0.5, 0.6) is 0 Å². The number of halogens is 1. The van der Waals surface area contributed by atoms with E-state index in [0.717, 1.165) is 23.1 Å². The zero-order valence-corrected chi connectivity index (χ0v) is 13.0. The molecule has 2 rings (SSSR count). The molecule has 22 heavy (non-hydrogen) atoms. The highest BCUT2D eigenvalue weighted by Gasteiger charge is 2.17. The fourth-order valence-electron chi connectivity index (χ4n) is 1.73. The maximum Gasteiger partial charge on any atom is 0.261 e. The van der Waals surface area contributed by atoms with Gasteiger partial charge in [-0.2, -0.15) is 0 Å². The van der Waals surface area contributed by atoms with Crippen molar-refractivity contribution in [1.29, 1.82) is 0 Å². The molecule has 2 aromatic carbocycles. The van der Waals surface area contributed by atoms with Gasteiger partial charge in [-0.05, 0) is 42.7 Å². The first kappa shape index (κ1) is 16.3. The van der Waals surface area contributed by atoms with Crippen molar-refractivity contribution in [1.82, 2.24) is 0 Å². The van der Waals surface area contributed by atoms with Crippen LogP contribution in [0.25, 0.3) is 0 Å².